The third-order valence-corrected chi connectivity index (χ3v) is 13.7. The maximum absolute atomic E-state index is 14.7. The fourth-order valence-electron chi connectivity index (χ4n) is 10.00. The van der Waals surface area contributed by atoms with Crippen LogP contribution in [0.1, 0.15) is 68.8 Å². The molecule has 14 nitrogen and oxygen atoms in total. The number of esters is 2. The van der Waals surface area contributed by atoms with Crippen LogP contribution in [0.4, 0.5) is 0 Å². The number of carbonyl (C=O) groups is 2. The number of nitrogens with zero attached hydrogens (tertiary/aromatic N) is 2. The molecular weight excluding hydrogens is 719 g/mol. The number of methoxy groups -OCH3 is 2. The zero-order valence-electron chi connectivity index (χ0n) is 30.8. The molecule has 4 bridgehead atoms. The van der Waals surface area contributed by atoms with E-state index in [-0.39, 0.29) is 42.4 Å². The number of hydrogen-bond acceptors (Lipinski definition) is 15. The Morgan fingerprint density at radius 3 is 2.54 bits per heavy atom. The van der Waals surface area contributed by atoms with E-state index in [1.165, 1.54) is 32.9 Å². The van der Waals surface area contributed by atoms with Crippen molar-refractivity contribution in [1.82, 2.24) is 15.1 Å². The number of aliphatic hydroxyl groups is 1. The second-order valence-electron chi connectivity index (χ2n) is 14.9. The van der Waals surface area contributed by atoms with E-state index < -0.39 is 47.1 Å². The van der Waals surface area contributed by atoms with E-state index in [0.29, 0.717) is 70.2 Å². The summed E-state index contributed by atoms with van der Waals surface area (Å²) in [5, 5.41) is 38.2. The van der Waals surface area contributed by atoms with Gasteiger partial charge in [-0.05, 0) is 68.1 Å². The average molecular weight is 762 g/mol. The molecule has 2 unspecified atom stereocenters. The van der Waals surface area contributed by atoms with Gasteiger partial charge in [-0.2, -0.15) is 0 Å². The van der Waals surface area contributed by atoms with Crippen molar-refractivity contribution < 1.29 is 53.3 Å². The molecule has 4 N–H and O–H groups in total. The minimum atomic E-state index is -1.36. The summed E-state index contributed by atoms with van der Waals surface area (Å²) in [6.07, 6.45) is -0.0282. The number of nitrogens with one attached hydrogen (secondary N) is 1. The Bertz CT molecular complexity index is 2130. The molecule has 0 saturated carbocycles. The first-order chi connectivity index (χ1) is 25.9. The van der Waals surface area contributed by atoms with Crippen LogP contribution in [-0.4, -0.2) is 102 Å². The van der Waals surface area contributed by atoms with Crippen molar-refractivity contribution in [3.63, 3.8) is 0 Å². The molecule has 7 atom stereocenters. The standard InChI is InChI=1S/C39H43N3O11S/c1-16-9-20-10-22-37(46)42-23-13-50-38(47)39(21-12-25(48-5)24(44)11-19(21)7-8-40-39)14-54-36(30(42)29(41(22)4)26(20)31(45)32(16)49-6)28-27(23)35-34(51-15-52-35)17(2)33(28)53-18(3)43/h9,11-12,22-23,29-30,36-37,40,44-46H,7-8,10,13-15H2,1-6H3/t22?,23-,29-,30+,36+,37?,39+/m0/s1. The normalized spacial score (nSPS) is 29.4. The third kappa shape index (κ3) is 4.74. The number of aryl methyl sites for hydroxylation is 1. The number of thioether (sulfide) groups is 1. The van der Waals surface area contributed by atoms with Crippen LogP contribution in [0.5, 0.6) is 40.2 Å². The van der Waals surface area contributed by atoms with Gasteiger partial charge in [-0.3, -0.25) is 19.9 Å². The highest BCUT2D eigenvalue weighted by molar-refractivity contribution is 7.99. The average Bonchev–Trinajstić information content (AvgIpc) is 3.63. The van der Waals surface area contributed by atoms with E-state index >= 15 is 0 Å². The maximum Gasteiger partial charge on any atom is 0.331 e. The van der Waals surface area contributed by atoms with Gasteiger partial charge in [0.2, 0.25) is 6.79 Å². The van der Waals surface area contributed by atoms with Crippen molar-refractivity contribution in [1.29, 1.82) is 0 Å². The van der Waals surface area contributed by atoms with Crippen molar-refractivity contribution >= 4 is 23.7 Å². The smallest absolute Gasteiger partial charge is 0.331 e. The van der Waals surface area contributed by atoms with Crippen LogP contribution < -0.4 is 29.0 Å². The van der Waals surface area contributed by atoms with Gasteiger partial charge in [0.1, 0.15) is 18.6 Å². The van der Waals surface area contributed by atoms with Gasteiger partial charge in [-0.1, -0.05) is 6.07 Å². The maximum atomic E-state index is 14.7. The van der Waals surface area contributed by atoms with Crippen LogP contribution in [0, 0.1) is 13.8 Å². The minimum absolute atomic E-state index is 0.0226. The second-order valence-corrected chi connectivity index (χ2v) is 16.1. The molecule has 54 heavy (non-hydrogen) atoms. The molecule has 3 aromatic carbocycles. The summed E-state index contributed by atoms with van der Waals surface area (Å²) in [6.45, 7) is 5.26. The number of aliphatic hydroxyl groups excluding tert-OH is 1. The zero-order valence-corrected chi connectivity index (χ0v) is 31.7. The molecule has 10 rings (SSSR count). The fraction of sp³-hybridized carbons (Fsp3) is 0.487. The molecule has 286 valence electrons. The van der Waals surface area contributed by atoms with Crippen LogP contribution in [-0.2, 0) is 32.7 Å². The lowest BCUT2D eigenvalue weighted by atomic mass is 9.73. The van der Waals surface area contributed by atoms with Crippen LogP contribution in [0.2, 0.25) is 0 Å². The number of hydrogen-bond donors (Lipinski definition) is 4. The number of rotatable bonds is 3. The van der Waals surface area contributed by atoms with Crippen molar-refractivity contribution in [2.45, 2.75) is 74.8 Å². The lowest BCUT2D eigenvalue weighted by Gasteiger charge is -2.62. The Hall–Kier alpha value is -4.41. The SMILES string of the molecule is COc1cc2c(cc1O)CCN[C@]21CS[C@@H]2c3c(OC(C)=O)c(C)c4c(c3[C@H](COC1=O)N1C(O)C3Cc5cc(C)c(OC)c(O)c5[C@@H]([C@H]21)N3C)OCO4. The molecule has 15 heteroatoms. The monoisotopic (exact) mass is 761 g/mol. The number of benzene rings is 3. The first kappa shape index (κ1) is 35.3. The number of ether oxygens (including phenoxy) is 6. The summed E-state index contributed by atoms with van der Waals surface area (Å²) < 4.78 is 35.9. The Labute approximate surface area is 316 Å². The molecule has 0 radical (unpaired) electrons. The molecule has 7 heterocycles. The molecule has 7 aliphatic rings. The van der Waals surface area contributed by atoms with E-state index in [0.717, 1.165) is 16.7 Å². The van der Waals surface area contributed by atoms with E-state index in [4.69, 9.17) is 28.4 Å². The summed E-state index contributed by atoms with van der Waals surface area (Å²) in [5.41, 5.74) is 4.36. The predicted octanol–water partition coefficient (Wildman–Crippen LogP) is 3.41. The third-order valence-electron chi connectivity index (χ3n) is 12.3. The van der Waals surface area contributed by atoms with Gasteiger partial charge in [0.25, 0.3) is 0 Å². The van der Waals surface area contributed by atoms with E-state index in [9.17, 15) is 24.9 Å². The molecule has 1 spiro atoms. The van der Waals surface area contributed by atoms with Crippen LogP contribution in [0.25, 0.3) is 0 Å². The van der Waals surface area contributed by atoms with Gasteiger partial charge in [0, 0.05) is 47.5 Å². The Morgan fingerprint density at radius 2 is 1.80 bits per heavy atom. The molecule has 7 aliphatic heterocycles. The van der Waals surface area contributed by atoms with Crippen LogP contribution in [0.3, 0.4) is 0 Å². The zero-order chi connectivity index (χ0) is 38.0. The number of likely N-dealkylation sites (N-methyl/N-ethyl adjacent to an activating group) is 1. The number of fused-ring (bicyclic) bond motifs is 9. The first-order valence-electron chi connectivity index (χ1n) is 18.1. The topological polar surface area (TPSA) is 169 Å². The molecule has 2 fully saturated rings. The van der Waals surface area contributed by atoms with Gasteiger partial charge >= 0.3 is 11.9 Å². The summed E-state index contributed by atoms with van der Waals surface area (Å²) in [6, 6.07) is 3.13. The van der Waals surface area contributed by atoms with Gasteiger partial charge in [-0.15, -0.1) is 11.8 Å². The Balaban J connectivity index is 1.32. The van der Waals surface area contributed by atoms with E-state index in [1.807, 2.05) is 31.9 Å². The van der Waals surface area contributed by atoms with Crippen molar-refractivity contribution in [3.05, 3.63) is 62.7 Å². The Kier molecular flexibility index (Phi) is 8.21. The number of phenolic OH excluding ortho intramolecular Hbond substituents is 2. The minimum Gasteiger partial charge on any atom is -0.504 e. The highest BCUT2D eigenvalue weighted by Crippen LogP contribution is 2.64. The van der Waals surface area contributed by atoms with Crippen molar-refractivity contribution in [2.75, 3.05) is 47.0 Å². The number of aromatic hydroxyl groups is 2. The molecule has 0 aliphatic carbocycles. The van der Waals surface area contributed by atoms with Crippen LogP contribution in [0.15, 0.2) is 18.2 Å². The van der Waals surface area contributed by atoms with Gasteiger partial charge in [-0.25, -0.2) is 4.79 Å². The van der Waals surface area contributed by atoms with E-state index in [1.54, 1.807) is 12.1 Å². The van der Waals surface area contributed by atoms with Crippen molar-refractivity contribution in [2.24, 2.45) is 0 Å². The van der Waals surface area contributed by atoms with Gasteiger partial charge < -0.3 is 43.7 Å². The molecule has 0 amide bonds. The summed E-state index contributed by atoms with van der Waals surface area (Å²) in [7, 11) is 4.96. The summed E-state index contributed by atoms with van der Waals surface area (Å²) in [4.78, 5) is 31.7. The lowest BCUT2D eigenvalue weighted by Crippen LogP contribution is -2.70. The predicted molar refractivity (Wildman–Crippen MR) is 195 cm³/mol. The molecule has 3 aromatic rings. The summed E-state index contributed by atoms with van der Waals surface area (Å²) in [5.74, 6) is 0.949. The second kappa shape index (κ2) is 12.6. The van der Waals surface area contributed by atoms with Crippen molar-refractivity contribution in [3.8, 4) is 40.2 Å². The lowest BCUT2D eigenvalue weighted by molar-refractivity contribution is -0.186. The first-order valence-corrected chi connectivity index (χ1v) is 19.1. The van der Waals surface area contributed by atoms with Gasteiger partial charge in [0.05, 0.1) is 37.6 Å². The number of phenols is 2. The highest BCUT2D eigenvalue weighted by Gasteiger charge is 2.61. The Morgan fingerprint density at radius 1 is 1.02 bits per heavy atom. The summed E-state index contributed by atoms with van der Waals surface area (Å²) >= 11 is 1.47. The molecule has 0 aromatic heterocycles. The fourth-order valence-corrected chi connectivity index (χ4v) is 11.7. The van der Waals surface area contributed by atoms with Crippen LogP contribution >= 0.6 is 11.8 Å². The van der Waals surface area contributed by atoms with E-state index in [2.05, 4.69) is 10.2 Å². The molecule has 2 saturated heterocycles. The highest BCUT2D eigenvalue weighted by atomic mass is 32.2. The quantitative estimate of drug-likeness (QED) is 0.226. The number of piperazine rings is 1. The molecular formula is C39H43N3O11S. The number of carbonyl (C=O) groups excluding carboxylic acids is 2. The largest absolute Gasteiger partial charge is 0.504 e. The van der Waals surface area contributed by atoms with Gasteiger partial charge in [0.15, 0.2) is 40.0 Å².